The molecule has 8 heteroatoms. The number of carbonyl (C=O) groups excluding carboxylic acids is 1. The van der Waals surface area contributed by atoms with Gasteiger partial charge in [0.15, 0.2) is 9.84 Å². The summed E-state index contributed by atoms with van der Waals surface area (Å²) in [5, 5.41) is 11.3. The Morgan fingerprint density at radius 2 is 2.00 bits per heavy atom. The number of carbonyl (C=O) groups is 1. The van der Waals surface area contributed by atoms with E-state index in [9.17, 15) is 17.6 Å². The smallest absolute Gasteiger partial charge is 0.259 e. The third-order valence-corrected chi connectivity index (χ3v) is 6.11. The molecule has 0 saturated heterocycles. The summed E-state index contributed by atoms with van der Waals surface area (Å²) in [6.45, 7) is 3.25. The Morgan fingerprint density at radius 3 is 2.61 bits per heavy atom. The summed E-state index contributed by atoms with van der Waals surface area (Å²) < 4.78 is 43.8. The highest BCUT2D eigenvalue weighted by atomic mass is 32.2. The maximum absolute atomic E-state index is 13.4. The lowest BCUT2D eigenvalue weighted by Crippen LogP contribution is -2.17. The zero-order valence-electron chi connectivity index (χ0n) is 15.8. The molecule has 148 valence electrons. The normalized spacial score (nSPS) is 12.1. The molecule has 0 aliphatic carbocycles. The van der Waals surface area contributed by atoms with Crippen LogP contribution in [0.2, 0.25) is 0 Å². The zero-order chi connectivity index (χ0) is 20.9. The van der Waals surface area contributed by atoms with Gasteiger partial charge in [0.2, 0.25) is 0 Å². The number of anilines is 1. The lowest BCUT2D eigenvalue weighted by atomic mass is 10.1. The van der Waals surface area contributed by atoms with Crippen LogP contribution in [-0.4, -0.2) is 27.2 Å². The molecule has 0 aliphatic heterocycles. The molecular formula is C20H21FN2O4S. The van der Waals surface area contributed by atoms with E-state index in [-0.39, 0.29) is 34.3 Å². The number of halogens is 1. The van der Waals surface area contributed by atoms with Gasteiger partial charge in [0.25, 0.3) is 5.91 Å². The van der Waals surface area contributed by atoms with E-state index in [1.54, 1.807) is 13.8 Å². The van der Waals surface area contributed by atoms with Crippen molar-refractivity contribution in [3.8, 4) is 11.8 Å². The minimum atomic E-state index is -3.68. The van der Waals surface area contributed by atoms with Gasteiger partial charge in [-0.1, -0.05) is 6.92 Å². The molecule has 0 unspecified atom stereocenters. The number of nitrogens with zero attached hydrogens (tertiary/aromatic N) is 1. The predicted octanol–water partition coefficient (Wildman–Crippen LogP) is 3.72. The summed E-state index contributed by atoms with van der Waals surface area (Å²) >= 11 is 0. The van der Waals surface area contributed by atoms with Gasteiger partial charge in [0, 0.05) is 12.1 Å². The number of ether oxygens (including phenoxy) is 1. The van der Waals surface area contributed by atoms with Crippen molar-refractivity contribution in [3.05, 3.63) is 53.3 Å². The van der Waals surface area contributed by atoms with Gasteiger partial charge < -0.3 is 10.1 Å². The summed E-state index contributed by atoms with van der Waals surface area (Å²) in [7, 11) is -2.31. The van der Waals surface area contributed by atoms with Crippen molar-refractivity contribution in [2.75, 3.05) is 18.2 Å². The van der Waals surface area contributed by atoms with E-state index in [2.05, 4.69) is 5.32 Å². The maximum Gasteiger partial charge on any atom is 0.259 e. The quantitative estimate of drug-likeness (QED) is 0.759. The third-order valence-electron chi connectivity index (χ3n) is 4.13. The van der Waals surface area contributed by atoms with Crippen LogP contribution >= 0.6 is 0 Å². The van der Waals surface area contributed by atoms with Crippen LogP contribution in [0.3, 0.4) is 0 Å². The number of methoxy groups -OCH3 is 1. The molecule has 28 heavy (non-hydrogen) atoms. The maximum atomic E-state index is 13.4. The second-order valence-electron chi connectivity index (χ2n) is 6.53. The van der Waals surface area contributed by atoms with E-state index in [0.717, 1.165) is 0 Å². The number of rotatable bonds is 7. The number of hydrogen-bond donors (Lipinski definition) is 1. The number of sulfone groups is 1. The van der Waals surface area contributed by atoms with Crippen molar-refractivity contribution in [1.29, 1.82) is 5.26 Å². The highest BCUT2D eigenvalue weighted by Crippen LogP contribution is 2.26. The highest BCUT2D eigenvalue weighted by molar-refractivity contribution is 7.91. The number of amides is 1. The average Bonchev–Trinajstić information content (AvgIpc) is 2.63. The number of aryl methyl sites for hydroxylation is 1. The monoisotopic (exact) mass is 404 g/mol. The molecule has 0 aliphatic rings. The van der Waals surface area contributed by atoms with Crippen molar-refractivity contribution >= 4 is 21.4 Å². The fraction of sp³-hybridized carbons (Fsp3) is 0.300. The predicted molar refractivity (Wildman–Crippen MR) is 104 cm³/mol. The summed E-state index contributed by atoms with van der Waals surface area (Å²) in [6.07, 6.45) is 0.118. The van der Waals surface area contributed by atoms with Gasteiger partial charge in [-0.2, -0.15) is 5.26 Å². The van der Waals surface area contributed by atoms with Gasteiger partial charge >= 0.3 is 0 Å². The Morgan fingerprint density at radius 1 is 1.29 bits per heavy atom. The first-order valence-electron chi connectivity index (χ1n) is 8.53. The Balaban J connectivity index is 2.35. The first-order valence-corrected chi connectivity index (χ1v) is 10.2. The molecular weight excluding hydrogens is 383 g/mol. The number of nitriles is 1. The van der Waals surface area contributed by atoms with Gasteiger partial charge in [-0.15, -0.1) is 0 Å². The minimum Gasteiger partial charge on any atom is -0.496 e. The Labute approximate surface area is 163 Å². The summed E-state index contributed by atoms with van der Waals surface area (Å²) in [5.41, 5.74) is 0.785. The van der Waals surface area contributed by atoms with E-state index < -0.39 is 21.6 Å². The van der Waals surface area contributed by atoms with Crippen LogP contribution in [0, 0.1) is 30.0 Å². The molecule has 0 saturated carbocycles. The van der Waals surface area contributed by atoms with Gasteiger partial charge in [-0.25, -0.2) is 12.8 Å². The Hall–Kier alpha value is -2.92. The molecule has 0 radical (unpaired) electrons. The minimum absolute atomic E-state index is 0.0291. The molecule has 1 N–H and O–H groups in total. The van der Waals surface area contributed by atoms with Crippen molar-refractivity contribution < 1.29 is 22.3 Å². The summed E-state index contributed by atoms with van der Waals surface area (Å²) in [6, 6.07) is 10.1. The largest absolute Gasteiger partial charge is 0.496 e. The molecule has 0 aromatic heterocycles. The zero-order valence-corrected chi connectivity index (χ0v) is 16.6. The molecule has 1 atom stereocenters. The standard InChI is InChI=1S/C20H21FN2O4S/c1-13(8-9-22)12-28(25,26)16-5-7-19(27-3)17(11-16)20(24)23-15-4-6-18(21)14(2)10-15/h4-7,10-11,13H,8,12H2,1-3H3,(H,23,24)/t13-/m1/s1. The van der Waals surface area contributed by atoms with E-state index in [1.807, 2.05) is 6.07 Å². The van der Waals surface area contributed by atoms with E-state index in [1.165, 1.54) is 43.5 Å². The van der Waals surface area contributed by atoms with Crippen LogP contribution in [0.25, 0.3) is 0 Å². The van der Waals surface area contributed by atoms with E-state index in [0.29, 0.717) is 11.3 Å². The second-order valence-corrected chi connectivity index (χ2v) is 8.56. The Bertz CT molecular complexity index is 1030. The van der Waals surface area contributed by atoms with Gasteiger partial charge in [-0.3, -0.25) is 4.79 Å². The average molecular weight is 404 g/mol. The van der Waals surface area contributed by atoms with Crippen LogP contribution in [0.4, 0.5) is 10.1 Å². The van der Waals surface area contributed by atoms with E-state index in [4.69, 9.17) is 10.00 Å². The molecule has 0 bridgehead atoms. The fourth-order valence-electron chi connectivity index (χ4n) is 2.66. The highest BCUT2D eigenvalue weighted by Gasteiger charge is 2.22. The SMILES string of the molecule is COc1ccc(S(=O)(=O)C[C@H](C)CC#N)cc1C(=O)Nc1ccc(F)c(C)c1. The molecule has 2 rings (SSSR count). The van der Waals surface area contributed by atoms with Crippen molar-refractivity contribution in [2.24, 2.45) is 5.92 Å². The molecule has 1 amide bonds. The van der Waals surface area contributed by atoms with Gasteiger partial charge in [-0.05, 0) is 54.8 Å². The van der Waals surface area contributed by atoms with Crippen LogP contribution in [-0.2, 0) is 9.84 Å². The number of benzene rings is 2. The molecule has 0 spiro atoms. The lowest BCUT2D eigenvalue weighted by molar-refractivity contribution is 0.102. The molecule has 0 heterocycles. The fourth-order valence-corrected chi connectivity index (χ4v) is 4.30. The summed E-state index contributed by atoms with van der Waals surface area (Å²) in [5.74, 6) is -1.30. The van der Waals surface area contributed by atoms with Gasteiger partial charge in [0.05, 0.1) is 29.4 Å². The first-order chi connectivity index (χ1) is 13.2. The van der Waals surface area contributed by atoms with Crippen molar-refractivity contribution in [1.82, 2.24) is 0 Å². The molecule has 2 aromatic rings. The van der Waals surface area contributed by atoms with Crippen molar-refractivity contribution in [3.63, 3.8) is 0 Å². The lowest BCUT2D eigenvalue weighted by Gasteiger charge is -2.13. The van der Waals surface area contributed by atoms with Gasteiger partial charge in [0.1, 0.15) is 11.6 Å². The molecule has 2 aromatic carbocycles. The molecule has 0 fully saturated rings. The van der Waals surface area contributed by atoms with Crippen LogP contribution in [0.1, 0.15) is 29.3 Å². The summed E-state index contributed by atoms with van der Waals surface area (Å²) in [4.78, 5) is 12.6. The van der Waals surface area contributed by atoms with Crippen LogP contribution < -0.4 is 10.1 Å². The first kappa shape index (κ1) is 21.4. The van der Waals surface area contributed by atoms with E-state index >= 15 is 0 Å². The van der Waals surface area contributed by atoms with Crippen molar-refractivity contribution in [2.45, 2.75) is 25.2 Å². The second kappa shape index (κ2) is 8.85. The molecule has 6 nitrogen and oxygen atoms in total. The van der Waals surface area contributed by atoms with Crippen LogP contribution in [0.5, 0.6) is 5.75 Å². The third kappa shape index (κ3) is 5.08. The number of nitrogens with one attached hydrogen (secondary N) is 1. The number of hydrogen-bond acceptors (Lipinski definition) is 5. The Kier molecular flexibility index (Phi) is 6.75. The topological polar surface area (TPSA) is 96.3 Å². The van der Waals surface area contributed by atoms with Crippen LogP contribution in [0.15, 0.2) is 41.3 Å².